The Morgan fingerprint density at radius 2 is 1.94 bits per heavy atom. The predicted octanol–water partition coefficient (Wildman–Crippen LogP) is 2.59. The molecule has 0 amide bonds. The van der Waals surface area contributed by atoms with E-state index in [2.05, 4.69) is 41.6 Å². The molecule has 1 heterocycles. The summed E-state index contributed by atoms with van der Waals surface area (Å²) in [4.78, 5) is 4.34. The van der Waals surface area contributed by atoms with Crippen LogP contribution in [-0.2, 0) is 6.42 Å². The highest BCUT2D eigenvalue weighted by molar-refractivity contribution is 5.30. The van der Waals surface area contributed by atoms with Crippen LogP contribution in [0.4, 0.5) is 0 Å². The number of aromatic nitrogens is 1. The van der Waals surface area contributed by atoms with Crippen molar-refractivity contribution in [1.29, 1.82) is 0 Å². The van der Waals surface area contributed by atoms with E-state index in [9.17, 15) is 0 Å². The van der Waals surface area contributed by atoms with Crippen molar-refractivity contribution in [1.82, 2.24) is 10.4 Å². The van der Waals surface area contributed by atoms with Gasteiger partial charge < -0.3 is 0 Å². The lowest BCUT2D eigenvalue weighted by Gasteiger charge is -2.16. The van der Waals surface area contributed by atoms with Crippen LogP contribution in [0.1, 0.15) is 36.2 Å². The number of nitrogens with two attached hydrogens (primary N) is 1. The van der Waals surface area contributed by atoms with E-state index in [1.807, 2.05) is 18.2 Å². The van der Waals surface area contributed by atoms with Crippen molar-refractivity contribution in [2.75, 3.05) is 0 Å². The van der Waals surface area contributed by atoms with Gasteiger partial charge >= 0.3 is 0 Å². The van der Waals surface area contributed by atoms with Crippen LogP contribution in [0.3, 0.4) is 0 Å². The summed E-state index contributed by atoms with van der Waals surface area (Å²) in [5, 5.41) is 0. The summed E-state index contributed by atoms with van der Waals surface area (Å²) in [5.74, 6) is 5.64. The third kappa shape index (κ3) is 2.94. The monoisotopic (exact) mass is 241 g/mol. The second kappa shape index (κ2) is 6.28. The summed E-state index contributed by atoms with van der Waals surface area (Å²) < 4.78 is 0. The molecule has 0 aliphatic carbocycles. The number of nitrogens with zero attached hydrogens (tertiary/aromatic N) is 1. The zero-order chi connectivity index (χ0) is 12.8. The number of aryl methyl sites for hydroxylation is 1. The molecule has 2 aromatic rings. The van der Waals surface area contributed by atoms with Crippen molar-refractivity contribution < 1.29 is 0 Å². The summed E-state index contributed by atoms with van der Waals surface area (Å²) in [5.41, 5.74) is 6.25. The van der Waals surface area contributed by atoms with Gasteiger partial charge in [-0.05, 0) is 29.7 Å². The summed E-state index contributed by atoms with van der Waals surface area (Å²) in [6.45, 7) is 2.19. The van der Waals surface area contributed by atoms with E-state index in [4.69, 9.17) is 5.84 Å². The third-order valence-corrected chi connectivity index (χ3v) is 3.00. The van der Waals surface area contributed by atoms with Gasteiger partial charge in [0.1, 0.15) is 0 Å². The van der Waals surface area contributed by atoms with Crippen molar-refractivity contribution in [3.8, 4) is 0 Å². The maximum absolute atomic E-state index is 5.64. The summed E-state index contributed by atoms with van der Waals surface area (Å²) in [6, 6.07) is 14.3. The zero-order valence-electron chi connectivity index (χ0n) is 10.6. The van der Waals surface area contributed by atoms with Crippen molar-refractivity contribution in [3.63, 3.8) is 0 Å². The fourth-order valence-electron chi connectivity index (χ4n) is 2.06. The number of hydrogen-bond acceptors (Lipinski definition) is 3. The molecule has 1 unspecified atom stereocenters. The number of hydrazine groups is 1. The Bertz CT molecular complexity index is 465. The van der Waals surface area contributed by atoms with Crippen LogP contribution in [0.25, 0.3) is 0 Å². The Morgan fingerprint density at radius 3 is 2.50 bits per heavy atom. The molecule has 0 bridgehead atoms. The topological polar surface area (TPSA) is 50.9 Å². The van der Waals surface area contributed by atoms with E-state index in [1.54, 1.807) is 6.20 Å². The predicted molar refractivity (Wildman–Crippen MR) is 73.8 cm³/mol. The van der Waals surface area contributed by atoms with Crippen LogP contribution in [0.2, 0.25) is 0 Å². The van der Waals surface area contributed by atoms with E-state index in [0.29, 0.717) is 0 Å². The lowest BCUT2D eigenvalue weighted by molar-refractivity contribution is 0.620. The molecule has 1 aromatic carbocycles. The van der Waals surface area contributed by atoms with E-state index in [0.717, 1.165) is 24.1 Å². The Hall–Kier alpha value is -1.71. The summed E-state index contributed by atoms with van der Waals surface area (Å²) in [6.07, 6.45) is 4.06. The Balaban J connectivity index is 2.23. The normalized spacial score (nSPS) is 12.3. The maximum atomic E-state index is 5.64. The molecule has 0 aliphatic heterocycles. The average molecular weight is 241 g/mol. The molecule has 0 fully saturated rings. The molecule has 0 spiro atoms. The van der Waals surface area contributed by atoms with Crippen molar-refractivity contribution in [2.45, 2.75) is 25.8 Å². The van der Waals surface area contributed by atoms with E-state index in [-0.39, 0.29) is 6.04 Å². The fourth-order valence-corrected chi connectivity index (χ4v) is 2.06. The molecular formula is C15H19N3. The van der Waals surface area contributed by atoms with Gasteiger partial charge in [-0.2, -0.15) is 0 Å². The zero-order valence-corrected chi connectivity index (χ0v) is 10.6. The Kier molecular flexibility index (Phi) is 4.45. The molecule has 1 atom stereocenters. The second-order valence-electron chi connectivity index (χ2n) is 4.35. The number of hydrogen-bond donors (Lipinski definition) is 2. The van der Waals surface area contributed by atoms with Crippen LogP contribution >= 0.6 is 0 Å². The molecule has 0 radical (unpaired) electrons. The van der Waals surface area contributed by atoms with Crippen molar-refractivity contribution in [2.24, 2.45) is 5.84 Å². The van der Waals surface area contributed by atoms with Crippen LogP contribution in [0, 0.1) is 0 Å². The molecule has 0 aliphatic rings. The number of rotatable bonds is 5. The molecule has 1 aromatic heterocycles. The van der Waals surface area contributed by atoms with Gasteiger partial charge in [0.15, 0.2) is 0 Å². The summed E-state index contributed by atoms with van der Waals surface area (Å²) in [7, 11) is 0. The van der Waals surface area contributed by atoms with Crippen LogP contribution in [0.15, 0.2) is 48.7 Å². The van der Waals surface area contributed by atoms with Crippen LogP contribution < -0.4 is 11.3 Å². The van der Waals surface area contributed by atoms with E-state index >= 15 is 0 Å². The van der Waals surface area contributed by atoms with Gasteiger partial charge in [-0.25, -0.2) is 5.43 Å². The van der Waals surface area contributed by atoms with Crippen molar-refractivity contribution >= 4 is 0 Å². The largest absolute Gasteiger partial charge is 0.271 e. The summed E-state index contributed by atoms with van der Waals surface area (Å²) >= 11 is 0. The molecule has 18 heavy (non-hydrogen) atoms. The van der Waals surface area contributed by atoms with Crippen molar-refractivity contribution in [3.05, 3.63) is 65.5 Å². The quantitative estimate of drug-likeness (QED) is 0.625. The fraction of sp³-hybridized carbons (Fsp3) is 0.267. The molecule has 3 N–H and O–H groups in total. The highest BCUT2D eigenvalue weighted by atomic mass is 15.2. The Labute approximate surface area is 108 Å². The average Bonchev–Trinajstić information content (AvgIpc) is 2.43. The lowest BCUT2D eigenvalue weighted by Crippen LogP contribution is -2.29. The first-order chi connectivity index (χ1) is 8.85. The Morgan fingerprint density at radius 1 is 1.17 bits per heavy atom. The molecule has 3 heteroatoms. The van der Waals surface area contributed by atoms with Gasteiger partial charge in [0, 0.05) is 6.20 Å². The first-order valence-electron chi connectivity index (χ1n) is 6.31. The van der Waals surface area contributed by atoms with Gasteiger partial charge in [-0.1, -0.05) is 43.7 Å². The number of nitrogens with one attached hydrogen (secondary N) is 1. The lowest BCUT2D eigenvalue weighted by atomic mass is 10.0. The van der Waals surface area contributed by atoms with Gasteiger partial charge in [-0.15, -0.1) is 0 Å². The number of benzene rings is 1. The molecule has 94 valence electrons. The SMILES string of the molecule is CCCc1ccc(C(NN)c2ccccn2)cc1. The minimum atomic E-state index is -0.0538. The smallest absolute Gasteiger partial charge is 0.0881 e. The molecular weight excluding hydrogens is 222 g/mol. The van der Waals surface area contributed by atoms with Gasteiger partial charge in [0.25, 0.3) is 0 Å². The highest BCUT2D eigenvalue weighted by Gasteiger charge is 2.12. The molecule has 0 saturated carbocycles. The van der Waals surface area contributed by atoms with Gasteiger partial charge in [0.05, 0.1) is 11.7 Å². The third-order valence-electron chi connectivity index (χ3n) is 3.00. The minimum Gasteiger partial charge on any atom is -0.271 e. The molecule has 2 rings (SSSR count). The second-order valence-corrected chi connectivity index (χ2v) is 4.35. The van der Waals surface area contributed by atoms with E-state index in [1.165, 1.54) is 5.56 Å². The minimum absolute atomic E-state index is 0.0538. The highest BCUT2D eigenvalue weighted by Crippen LogP contribution is 2.20. The van der Waals surface area contributed by atoms with Crippen LogP contribution in [0.5, 0.6) is 0 Å². The van der Waals surface area contributed by atoms with Gasteiger partial charge in [0.2, 0.25) is 0 Å². The van der Waals surface area contributed by atoms with Crippen LogP contribution in [-0.4, -0.2) is 4.98 Å². The first-order valence-corrected chi connectivity index (χ1v) is 6.31. The maximum Gasteiger partial charge on any atom is 0.0881 e. The number of pyridine rings is 1. The standard InChI is InChI=1S/C15H19N3/c1-2-5-12-7-9-13(10-8-12)15(18-16)14-6-3-4-11-17-14/h3-4,6-11,15,18H,2,5,16H2,1H3. The van der Waals surface area contributed by atoms with Gasteiger partial charge in [-0.3, -0.25) is 10.8 Å². The first kappa shape index (κ1) is 12.7. The molecule has 3 nitrogen and oxygen atoms in total. The molecule has 0 saturated heterocycles. The van der Waals surface area contributed by atoms with E-state index < -0.39 is 0 Å².